The number of hydrogen-bond acceptors (Lipinski definition) is 6. The molecule has 7 nitrogen and oxygen atoms in total. The van der Waals surface area contributed by atoms with E-state index in [2.05, 4.69) is 27.3 Å². The molecule has 1 aromatic heterocycles. The van der Waals surface area contributed by atoms with E-state index < -0.39 is 0 Å². The number of nitrogens with zero attached hydrogens (tertiary/aromatic N) is 5. The van der Waals surface area contributed by atoms with Crippen molar-refractivity contribution in [3.8, 4) is 5.75 Å². The zero-order chi connectivity index (χ0) is 19.2. The summed E-state index contributed by atoms with van der Waals surface area (Å²) in [5, 5.41) is 12.5. The van der Waals surface area contributed by atoms with E-state index in [0.717, 1.165) is 37.1 Å². The minimum Gasteiger partial charge on any atom is -0.497 e. The second-order valence-corrected chi connectivity index (χ2v) is 8.12. The van der Waals surface area contributed by atoms with E-state index in [0.29, 0.717) is 17.7 Å². The Balaban J connectivity index is 1.65. The maximum absolute atomic E-state index is 12.9. The normalized spacial score (nSPS) is 18.3. The number of benzene rings is 1. The van der Waals surface area contributed by atoms with Crippen LogP contribution in [0.2, 0.25) is 0 Å². The lowest BCUT2D eigenvalue weighted by molar-refractivity contribution is -0.134. The van der Waals surface area contributed by atoms with Gasteiger partial charge in [0.1, 0.15) is 5.75 Å². The molecule has 1 saturated heterocycles. The first-order valence-electron chi connectivity index (χ1n) is 9.48. The number of rotatable bonds is 7. The van der Waals surface area contributed by atoms with Crippen LogP contribution in [0.15, 0.2) is 29.4 Å². The molecule has 27 heavy (non-hydrogen) atoms. The van der Waals surface area contributed by atoms with Crippen molar-refractivity contribution in [1.29, 1.82) is 0 Å². The van der Waals surface area contributed by atoms with Crippen molar-refractivity contribution in [2.24, 2.45) is 0 Å². The number of methoxy groups -OCH3 is 1. The summed E-state index contributed by atoms with van der Waals surface area (Å²) in [7, 11) is 1.65. The monoisotopic (exact) mass is 389 g/mol. The van der Waals surface area contributed by atoms with Gasteiger partial charge in [0.25, 0.3) is 0 Å². The molecule has 0 bridgehead atoms. The van der Waals surface area contributed by atoms with Gasteiger partial charge in [-0.2, -0.15) is 0 Å². The van der Waals surface area contributed by atoms with Crippen LogP contribution in [0.3, 0.4) is 0 Å². The van der Waals surface area contributed by atoms with Crippen LogP contribution in [0, 0.1) is 0 Å². The molecule has 146 valence electrons. The predicted molar refractivity (Wildman–Crippen MR) is 105 cm³/mol. The zero-order valence-corrected chi connectivity index (χ0v) is 17.0. The summed E-state index contributed by atoms with van der Waals surface area (Å²) in [5.41, 5.74) is 1.08. The summed E-state index contributed by atoms with van der Waals surface area (Å²) < 4.78 is 6.93. The van der Waals surface area contributed by atoms with Gasteiger partial charge in [-0.25, -0.2) is 4.68 Å². The lowest BCUT2D eigenvalue weighted by atomic mass is 10.00. The number of likely N-dealkylation sites (tertiary alicyclic amines) is 1. The number of ether oxygens (including phenoxy) is 1. The van der Waals surface area contributed by atoms with E-state index in [4.69, 9.17) is 4.74 Å². The van der Waals surface area contributed by atoms with Crippen LogP contribution in [0.4, 0.5) is 0 Å². The van der Waals surface area contributed by atoms with Crippen molar-refractivity contribution in [1.82, 2.24) is 25.1 Å². The van der Waals surface area contributed by atoms with Gasteiger partial charge in [-0.05, 0) is 60.7 Å². The van der Waals surface area contributed by atoms with E-state index >= 15 is 0 Å². The largest absolute Gasteiger partial charge is 0.497 e. The minimum absolute atomic E-state index is 0.186. The summed E-state index contributed by atoms with van der Waals surface area (Å²) in [6, 6.07) is 8.18. The zero-order valence-electron chi connectivity index (χ0n) is 16.2. The Morgan fingerprint density at radius 3 is 2.81 bits per heavy atom. The standard InChI is InChI=1S/C19H27N5O2S/c1-4-16-7-5-6-12-23(16)18(25)14(2)27-19-20-21-22-24(19)13-15-8-10-17(26-3)11-9-15/h8-11,14,16H,4-7,12-13H2,1-3H3. The molecule has 0 N–H and O–H groups in total. The second kappa shape index (κ2) is 9.21. The topological polar surface area (TPSA) is 73.1 Å². The lowest BCUT2D eigenvalue weighted by Crippen LogP contribution is -2.46. The predicted octanol–water partition coefficient (Wildman–Crippen LogP) is 3.00. The number of carbonyl (C=O) groups is 1. The maximum atomic E-state index is 12.9. The highest BCUT2D eigenvalue weighted by Crippen LogP contribution is 2.27. The summed E-state index contributed by atoms with van der Waals surface area (Å²) in [6.45, 7) is 5.52. The minimum atomic E-state index is -0.210. The van der Waals surface area contributed by atoms with Crippen molar-refractivity contribution in [2.45, 2.75) is 62.5 Å². The number of amides is 1. The Morgan fingerprint density at radius 2 is 2.11 bits per heavy atom. The summed E-state index contributed by atoms with van der Waals surface area (Å²) >= 11 is 1.43. The van der Waals surface area contributed by atoms with Gasteiger partial charge in [-0.3, -0.25) is 4.79 Å². The summed E-state index contributed by atoms with van der Waals surface area (Å²) in [6.07, 6.45) is 4.42. The average molecular weight is 390 g/mol. The molecule has 1 aromatic carbocycles. The molecule has 2 heterocycles. The molecule has 2 aromatic rings. The van der Waals surface area contributed by atoms with E-state index in [9.17, 15) is 4.79 Å². The third-order valence-corrected chi connectivity index (χ3v) is 6.06. The fourth-order valence-electron chi connectivity index (χ4n) is 3.44. The molecule has 0 saturated carbocycles. The van der Waals surface area contributed by atoms with Gasteiger partial charge < -0.3 is 9.64 Å². The Labute approximate surface area is 164 Å². The number of hydrogen-bond donors (Lipinski definition) is 0. The molecule has 0 aliphatic carbocycles. The van der Waals surface area contributed by atoms with Gasteiger partial charge in [0.2, 0.25) is 11.1 Å². The van der Waals surface area contributed by atoms with Crippen molar-refractivity contribution in [3.63, 3.8) is 0 Å². The first kappa shape index (κ1) is 19.7. The Bertz CT molecular complexity index is 749. The van der Waals surface area contributed by atoms with Crippen LogP contribution in [0.1, 0.15) is 45.1 Å². The molecule has 8 heteroatoms. The fraction of sp³-hybridized carbons (Fsp3) is 0.579. The SMILES string of the molecule is CCC1CCCCN1C(=O)C(C)Sc1nnnn1Cc1ccc(OC)cc1. The molecule has 1 fully saturated rings. The number of carbonyl (C=O) groups excluding carboxylic acids is 1. The number of tetrazole rings is 1. The lowest BCUT2D eigenvalue weighted by Gasteiger charge is -2.36. The van der Waals surface area contributed by atoms with E-state index in [1.807, 2.05) is 31.2 Å². The van der Waals surface area contributed by atoms with Gasteiger partial charge >= 0.3 is 0 Å². The van der Waals surface area contributed by atoms with E-state index in [-0.39, 0.29) is 11.2 Å². The van der Waals surface area contributed by atoms with Gasteiger partial charge in [-0.15, -0.1) is 5.10 Å². The molecular weight excluding hydrogens is 362 g/mol. The van der Waals surface area contributed by atoms with Crippen LogP contribution in [0.25, 0.3) is 0 Å². The molecule has 1 aliphatic heterocycles. The second-order valence-electron chi connectivity index (χ2n) is 6.82. The molecule has 0 radical (unpaired) electrons. The molecule has 2 unspecified atom stereocenters. The van der Waals surface area contributed by atoms with Gasteiger partial charge in [0.15, 0.2) is 0 Å². The van der Waals surface area contributed by atoms with Crippen molar-refractivity contribution >= 4 is 17.7 Å². The number of aromatic nitrogens is 4. The molecule has 3 rings (SSSR count). The van der Waals surface area contributed by atoms with Crippen LogP contribution < -0.4 is 4.74 Å². The third kappa shape index (κ3) is 4.80. The average Bonchev–Trinajstić information content (AvgIpc) is 3.14. The highest BCUT2D eigenvalue weighted by molar-refractivity contribution is 8.00. The van der Waals surface area contributed by atoms with E-state index in [1.165, 1.54) is 18.2 Å². The van der Waals surface area contributed by atoms with Crippen LogP contribution in [-0.2, 0) is 11.3 Å². The quantitative estimate of drug-likeness (QED) is 0.678. The van der Waals surface area contributed by atoms with Crippen LogP contribution in [0.5, 0.6) is 5.75 Å². The van der Waals surface area contributed by atoms with Crippen molar-refractivity contribution in [3.05, 3.63) is 29.8 Å². The fourth-order valence-corrected chi connectivity index (χ4v) is 4.30. The van der Waals surface area contributed by atoms with Crippen LogP contribution in [-0.4, -0.2) is 56.0 Å². The van der Waals surface area contributed by atoms with Gasteiger partial charge in [0.05, 0.1) is 18.9 Å². The smallest absolute Gasteiger partial charge is 0.236 e. The van der Waals surface area contributed by atoms with E-state index in [1.54, 1.807) is 11.8 Å². The van der Waals surface area contributed by atoms with Gasteiger partial charge in [0, 0.05) is 12.6 Å². The van der Waals surface area contributed by atoms with Crippen molar-refractivity contribution < 1.29 is 9.53 Å². The first-order chi connectivity index (χ1) is 13.1. The van der Waals surface area contributed by atoms with Crippen molar-refractivity contribution in [2.75, 3.05) is 13.7 Å². The summed E-state index contributed by atoms with van der Waals surface area (Å²) in [5.74, 6) is 1.00. The first-order valence-corrected chi connectivity index (χ1v) is 10.4. The third-order valence-electron chi connectivity index (χ3n) is 5.00. The summed E-state index contributed by atoms with van der Waals surface area (Å²) in [4.78, 5) is 15.0. The molecule has 2 atom stereocenters. The molecule has 1 aliphatic rings. The molecule has 0 spiro atoms. The molecule has 1 amide bonds. The highest BCUT2D eigenvalue weighted by atomic mass is 32.2. The van der Waals surface area contributed by atoms with Gasteiger partial charge in [-0.1, -0.05) is 30.8 Å². The Morgan fingerprint density at radius 1 is 1.33 bits per heavy atom. The molecular formula is C19H27N5O2S. The van der Waals surface area contributed by atoms with Crippen LogP contribution >= 0.6 is 11.8 Å². The number of piperidine rings is 1. The number of thioether (sulfide) groups is 1. The Kier molecular flexibility index (Phi) is 6.71. The maximum Gasteiger partial charge on any atom is 0.236 e. The Hall–Kier alpha value is -2.09. The highest BCUT2D eigenvalue weighted by Gasteiger charge is 2.30.